The molecule has 1 aromatic heterocycles. The van der Waals surface area contributed by atoms with Crippen molar-refractivity contribution >= 4 is 11.0 Å². The SMILES string of the molecule is COc1ccc(-c2coc3cc(OCc4ccccc4OC)ccc3c2=O)cc1. The van der Waals surface area contributed by atoms with E-state index in [1.165, 1.54) is 6.26 Å². The first kappa shape index (κ1) is 18.6. The molecule has 3 aromatic carbocycles. The van der Waals surface area contributed by atoms with E-state index in [1.807, 2.05) is 48.5 Å². The van der Waals surface area contributed by atoms with Gasteiger partial charge in [0, 0.05) is 11.6 Å². The Morgan fingerprint density at radius 2 is 1.62 bits per heavy atom. The monoisotopic (exact) mass is 388 g/mol. The van der Waals surface area contributed by atoms with Crippen molar-refractivity contribution in [3.63, 3.8) is 0 Å². The Labute approximate surface area is 168 Å². The molecule has 0 spiro atoms. The van der Waals surface area contributed by atoms with Gasteiger partial charge in [0.05, 0.1) is 25.2 Å². The summed E-state index contributed by atoms with van der Waals surface area (Å²) in [5, 5.41) is 0.503. The lowest BCUT2D eigenvalue weighted by Crippen LogP contribution is -2.05. The van der Waals surface area contributed by atoms with Crippen LogP contribution < -0.4 is 19.6 Å². The van der Waals surface area contributed by atoms with Gasteiger partial charge in [0.15, 0.2) is 5.43 Å². The molecule has 146 valence electrons. The van der Waals surface area contributed by atoms with Crippen molar-refractivity contribution in [2.75, 3.05) is 14.2 Å². The van der Waals surface area contributed by atoms with Gasteiger partial charge in [-0.15, -0.1) is 0 Å². The maximum Gasteiger partial charge on any atom is 0.200 e. The van der Waals surface area contributed by atoms with Gasteiger partial charge in [0.1, 0.15) is 35.7 Å². The Bertz CT molecular complexity index is 1190. The zero-order chi connectivity index (χ0) is 20.2. The molecule has 0 saturated heterocycles. The minimum Gasteiger partial charge on any atom is -0.497 e. The number of rotatable bonds is 6. The summed E-state index contributed by atoms with van der Waals surface area (Å²) in [4.78, 5) is 12.9. The van der Waals surface area contributed by atoms with Gasteiger partial charge in [-0.25, -0.2) is 0 Å². The van der Waals surface area contributed by atoms with E-state index in [0.717, 1.165) is 22.6 Å². The van der Waals surface area contributed by atoms with Crippen LogP contribution in [-0.4, -0.2) is 14.2 Å². The van der Waals surface area contributed by atoms with Gasteiger partial charge < -0.3 is 18.6 Å². The highest BCUT2D eigenvalue weighted by molar-refractivity contribution is 5.82. The third kappa shape index (κ3) is 3.80. The largest absolute Gasteiger partial charge is 0.497 e. The lowest BCUT2D eigenvalue weighted by atomic mass is 10.1. The summed E-state index contributed by atoms with van der Waals surface area (Å²) in [6.07, 6.45) is 1.48. The van der Waals surface area contributed by atoms with Gasteiger partial charge in [-0.3, -0.25) is 4.79 Å². The molecule has 0 atom stereocenters. The third-order valence-electron chi connectivity index (χ3n) is 4.73. The van der Waals surface area contributed by atoms with Gasteiger partial charge >= 0.3 is 0 Å². The van der Waals surface area contributed by atoms with E-state index >= 15 is 0 Å². The first-order valence-corrected chi connectivity index (χ1v) is 9.14. The van der Waals surface area contributed by atoms with E-state index in [2.05, 4.69) is 0 Å². The van der Waals surface area contributed by atoms with Crippen molar-refractivity contribution in [2.45, 2.75) is 6.61 Å². The molecule has 5 nitrogen and oxygen atoms in total. The summed E-state index contributed by atoms with van der Waals surface area (Å²) < 4.78 is 22.1. The molecule has 1 heterocycles. The fourth-order valence-electron chi connectivity index (χ4n) is 3.15. The van der Waals surface area contributed by atoms with Gasteiger partial charge in [0.25, 0.3) is 0 Å². The molecule has 29 heavy (non-hydrogen) atoms. The number of benzene rings is 3. The van der Waals surface area contributed by atoms with Crippen LogP contribution in [0, 0.1) is 0 Å². The highest BCUT2D eigenvalue weighted by atomic mass is 16.5. The number of ether oxygens (including phenoxy) is 3. The zero-order valence-electron chi connectivity index (χ0n) is 16.2. The van der Waals surface area contributed by atoms with Crippen molar-refractivity contribution in [3.05, 3.63) is 88.8 Å². The van der Waals surface area contributed by atoms with Crippen LogP contribution in [-0.2, 0) is 6.61 Å². The quantitative estimate of drug-likeness (QED) is 0.462. The van der Waals surface area contributed by atoms with Crippen LogP contribution in [0.15, 0.2) is 82.2 Å². The second kappa shape index (κ2) is 8.10. The van der Waals surface area contributed by atoms with E-state index in [4.69, 9.17) is 18.6 Å². The molecule has 0 aliphatic heterocycles. The maximum atomic E-state index is 12.9. The molecule has 0 amide bonds. The van der Waals surface area contributed by atoms with E-state index < -0.39 is 0 Å². The molecule has 0 aliphatic carbocycles. The average molecular weight is 388 g/mol. The predicted octanol–water partition coefficient (Wildman–Crippen LogP) is 5.06. The minimum absolute atomic E-state index is 0.0901. The van der Waals surface area contributed by atoms with Crippen LogP contribution in [0.1, 0.15) is 5.56 Å². The summed E-state index contributed by atoms with van der Waals surface area (Å²) in [6, 6.07) is 20.2. The van der Waals surface area contributed by atoms with Crippen LogP contribution in [0.25, 0.3) is 22.1 Å². The normalized spacial score (nSPS) is 10.7. The lowest BCUT2D eigenvalue weighted by molar-refractivity contribution is 0.296. The highest BCUT2D eigenvalue weighted by Gasteiger charge is 2.11. The topological polar surface area (TPSA) is 57.9 Å². The Balaban J connectivity index is 1.61. The van der Waals surface area contributed by atoms with Crippen molar-refractivity contribution in [3.8, 4) is 28.4 Å². The minimum atomic E-state index is -0.0901. The summed E-state index contributed by atoms with van der Waals surface area (Å²) in [6.45, 7) is 0.351. The van der Waals surface area contributed by atoms with Crippen LogP contribution in [0.5, 0.6) is 17.2 Å². The standard InChI is InChI=1S/C24H20O5/c1-26-18-9-7-16(8-10-18)21-15-29-23-13-19(11-12-20(23)24(21)25)28-14-17-5-3-4-6-22(17)27-2/h3-13,15H,14H2,1-2H3. The lowest BCUT2D eigenvalue weighted by Gasteiger charge is -2.10. The zero-order valence-corrected chi connectivity index (χ0v) is 16.2. The van der Waals surface area contributed by atoms with E-state index in [-0.39, 0.29) is 5.43 Å². The molecular formula is C24H20O5. The summed E-state index contributed by atoms with van der Waals surface area (Å²) in [5.41, 5.74) is 2.60. The average Bonchev–Trinajstić information content (AvgIpc) is 2.78. The second-order valence-electron chi connectivity index (χ2n) is 6.47. The second-order valence-corrected chi connectivity index (χ2v) is 6.47. The molecular weight excluding hydrogens is 368 g/mol. The molecule has 0 unspecified atom stereocenters. The molecule has 4 aromatic rings. The van der Waals surface area contributed by atoms with E-state index in [1.54, 1.807) is 32.4 Å². The van der Waals surface area contributed by atoms with Crippen LogP contribution in [0.2, 0.25) is 0 Å². The molecule has 0 N–H and O–H groups in total. The third-order valence-corrected chi connectivity index (χ3v) is 4.73. The smallest absolute Gasteiger partial charge is 0.200 e. The molecule has 0 bridgehead atoms. The van der Waals surface area contributed by atoms with E-state index in [0.29, 0.717) is 28.9 Å². The first-order valence-electron chi connectivity index (χ1n) is 9.14. The molecule has 4 rings (SSSR count). The van der Waals surface area contributed by atoms with E-state index in [9.17, 15) is 4.79 Å². The van der Waals surface area contributed by atoms with Crippen LogP contribution in [0.3, 0.4) is 0 Å². The van der Waals surface area contributed by atoms with Gasteiger partial charge in [-0.05, 0) is 35.9 Å². The Kier molecular flexibility index (Phi) is 5.20. The Hall–Kier alpha value is -3.73. The summed E-state index contributed by atoms with van der Waals surface area (Å²) in [5.74, 6) is 2.11. The molecule has 5 heteroatoms. The Morgan fingerprint density at radius 1 is 0.862 bits per heavy atom. The summed E-state index contributed by atoms with van der Waals surface area (Å²) in [7, 11) is 3.23. The van der Waals surface area contributed by atoms with Crippen molar-refractivity contribution in [1.29, 1.82) is 0 Å². The van der Waals surface area contributed by atoms with Gasteiger partial charge in [0.2, 0.25) is 0 Å². The fraction of sp³-hybridized carbons (Fsp3) is 0.125. The predicted molar refractivity (Wildman–Crippen MR) is 112 cm³/mol. The first-order chi connectivity index (χ1) is 14.2. The fourth-order valence-corrected chi connectivity index (χ4v) is 3.15. The number of hydrogen-bond acceptors (Lipinski definition) is 5. The van der Waals surface area contributed by atoms with Crippen LogP contribution in [0.4, 0.5) is 0 Å². The summed E-state index contributed by atoms with van der Waals surface area (Å²) >= 11 is 0. The highest BCUT2D eigenvalue weighted by Crippen LogP contribution is 2.26. The molecule has 0 radical (unpaired) electrons. The van der Waals surface area contributed by atoms with Crippen molar-refractivity contribution < 1.29 is 18.6 Å². The number of hydrogen-bond donors (Lipinski definition) is 0. The maximum absolute atomic E-state index is 12.9. The number of para-hydroxylation sites is 1. The molecule has 0 aliphatic rings. The Morgan fingerprint density at radius 3 is 2.38 bits per heavy atom. The molecule has 0 saturated carbocycles. The van der Waals surface area contributed by atoms with Crippen LogP contribution >= 0.6 is 0 Å². The van der Waals surface area contributed by atoms with Gasteiger partial charge in [-0.2, -0.15) is 0 Å². The molecule has 0 fully saturated rings. The van der Waals surface area contributed by atoms with Gasteiger partial charge in [-0.1, -0.05) is 30.3 Å². The number of fused-ring (bicyclic) bond motifs is 1. The number of methoxy groups -OCH3 is 2. The van der Waals surface area contributed by atoms with Crippen molar-refractivity contribution in [2.24, 2.45) is 0 Å². The van der Waals surface area contributed by atoms with Crippen molar-refractivity contribution in [1.82, 2.24) is 0 Å².